The average molecular weight is 250 g/mol. The second-order valence-electron chi connectivity index (χ2n) is 4.65. The Labute approximate surface area is 109 Å². The summed E-state index contributed by atoms with van der Waals surface area (Å²) in [6, 6.07) is 8.55. The van der Waals surface area contributed by atoms with Crippen molar-refractivity contribution in [3.63, 3.8) is 0 Å². The quantitative estimate of drug-likeness (QED) is 0.813. The Morgan fingerprint density at radius 3 is 3.06 bits per heavy atom. The number of aliphatic hydroxyl groups is 1. The molecule has 0 aliphatic carbocycles. The van der Waals surface area contributed by atoms with Gasteiger partial charge >= 0.3 is 0 Å². The van der Waals surface area contributed by atoms with Gasteiger partial charge in [0, 0.05) is 44.4 Å². The minimum atomic E-state index is 0.245. The fourth-order valence-corrected chi connectivity index (χ4v) is 2.50. The molecule has 4 heteroatoms. The van der Waals surface area contributed by atoms with E-state index in [1.165, 1.54) is 5.56 Å². The van der Waals surface area contributed by atoms with E-state index in [0.717, 1.165) is 38.3 Å². The number of methoxy groups -OCH3 is 1. The van der Waals surface area contributed by atoms with E-state index < -0.39 is 0 Å². The third-order valence-electron chi connectivity index (χ3n) is 3.50. The van der Waals surface area contributed by atoms with Crippen molar-refractivity contribution in [2.24, 2.45) is 0 Å². The molecule has 0 bridgehead atoms. The maximum Gasteiger partial charge on any atom is 0.123 e. The molecule has 0 radical (unpaired) electrons. The van der Waals surface area contributed by atoms with Crippen molar-refractivity contribution in [1.29, 1.82) is 0 Å². The highest BCUT2D eigenvalue weighted by atomic mass is 16.5. The number of rotatable bonds is 5. The highest BCUT2D eigenvalue weighted by molar-refractivity contribution is 5.33. The number of nitrogens with one attached hydrogen (secondary N) is 1. The molecule has 1 aliphatic rings. The second kappa shape index (κ2) is 6.73. The fourth-order valence-electron chi connectivity index (χ4n) is 2.50. The molecule has 1 atom stereocenters. The number of ether oxygens (including phenoxy) is 1. The molecule has 0 spiro atoms. The van der Waals surface area contributed by atoms with Crippen LogP contribution in [-0.2, 0) is 6.54 Å². The molecule has 4 nitrogen and oxygen atoms in total. The van der Waals surface area contributed by atoms with Crippen molar-refractivity contribution in [2.75, 3.05) is 33.4 Å². The van der Waals surface area contributed by atoms with Gasteiger partial charge in [0.15, 0.2) is 0 Å². The van der Waals surface area contributed by atoms with E-state index in [4.69, 9.17) is 9.84 Å². The van der Waals surface area contributed by atoms with Gasteiger partial charge in [0.05, 0.1) is 7.11 Å². The number of para-hydroxylation sites is 1. The highest BCUT2D eigenvalue weighted by Gasteiger charge is 2.22. The Bertz CT molecular complexity index is 369. The molecule has 1 fully saturated rings. The highest BCUT2D eigenvalue weighted by Crippen LogP contribution is 2.21. The van der Waals surface area contributed by atoms with Gasteiger partial charge in [-0.1, -0.05) is 18.2 Å². The first-order valence-electron chi connectivity index (χ1n) is 6.52. The maximum atomic E-state index is 9.12. The van der Waals surface area contributed by atoms with E-state index in [-0.39, 0.29) is 6.61 Å². The van der Waals surface area contributed by atoms with Crippen molar-refractivity contribution in [1.82, 2.24) is 10.2 Å². The van der Waals surface area contributed by atoms with Crippen LogP contribution in [0.4, 0.5) is 0 Å². The van der Waals surface area contributed by atoms with Crippen molar-refractivity contribution in [3.05, 3.63) is 29.8 Å². The van der Waals surface area contributed by atoms with Crippen molar-refractivity contribution >= 4 is 0 Å². The summed E-state index contributed by atoms with van der Waals surface area (Å²) in [5.41, 5.74) is 1.21. The van der Waals surface area contributed by atoms with Gasteiger partial charge in [0.25, 0.3) is 0 Å². The SMILES string of the molecule is COc1ccccc1CN1CCNC[C@@H]1CCO. The summed E-state index contributed by atoms with van der Waals surface area (Å²) in [7, 11) is 1.71. The smallest absolute Gasteiger partial charge is 0.123 e. The maximum absolute atomic E-state index is 9.12. The van der Waals surface area contributed by atoms with Gasteiger partial charge in [-0.15, -0.1) is 0 Å². The first-order valence-corrected chi connectivity index (χ1v) is 6.52. The molecule has 1 saturated heterocycles. The molecule has 0 amide bonds. The second-order valence-corrected chi connectivity index (χ2v) is 4.65. The van der Waals surface area contributed by atoms with Crippen LogP contribution in [-0.4, -0.2) is 49.4 Å². The molecule has 100 valence electrons. The van der Waals surface area contributed by atoms with Gasteiger partial charge in [-0.25, -0.2) is 0 Å². The summed E-state index contributed by atoms with van der Waals surface area (Å²) >= 11 is 0. The molecule has 1 aromatic rings. The van der Waals surface area contributed by atoms with Gasteiger partial charge in [0.1, 0.15) is 5.75 Å². The van der Waals surface area contributed by atoms with Crippen molar-refractivity contribution < 1.29 is 9.84 Å². The first-order chi connectivity index (χ1) is 8.85. The molecular weight excluding hydrogens is 228 g/mol. The lowest BCUT2D eigenvalue weighted by Gasteiger charge is -2.36. The van der Waals surface area contributed by atoms with Gasteiger partial charge in [-0.2, -0.15) is 0 Å². The third-order valence-corrected chi connectivity index (χ3v) is 3.50. The van der Waals surface area contributed by atoms with Crippen LogP contribution < -0.4 is 10.1 Å². The number of nitrogens with zero attached hydrogens (tertiary/aromatic N) is 1. The van der Waals surface area contributed by atoms with Gasteiger partial charge in [-0.3, -0.25) is 4.90 Å². The van der Waals surface area contributed by atoms with Gasteiger partial charge < -0.3 is 15.2 Å². The zero-order valence-electron chi connectivity index (χ0n) is 10.9. The van der Waals surface area contributed by atoms with E-state index in [9.17, 15) is 0 Å². The molecule has 18 heavy (non-hydrogen) atoms. The number of benzene rings is 1. The number of hydrogen-bond acceptors (Lipinski definition) is 4. The van der Waals surface area contributed by atoms with E-state index >= 15 is 0 Å². The summed E-state index contributed by atoms with van der Waals surface area (Å²) in [4.78, 5) is 2.42. The average Bonchev–Trinajstić information content (AvgIpc) is 2.42. The molecular formula is C14H22N2O2. The molecule has 2 rings (SSSR count). The van der Waals surface area contributed by atoms with E-state index in [1.807, 2.05) is 18.2 Å². The lowest BCUT2D eigenvalue weighted by Crippen LogP contribution is -2.51. The van der Waals surface area contributed by atoms with Crippen LogP contribution in [0.15, 0.2) is 24.3 Å². The van der Waals surface area contributed by atoms with Crippen LogP contribution in [0.5, 0.6) is 5.75 Å². The largest absolute Gasteiger partial charge is 0.496 e. The van der Waals surface area contributed by atoms with E-state index in [1.54, 1.807) is 7.11 Å². The number of aliphatic hydroxyl groups excluding tert-OH is 1. The summed E-state index contributed by atoms with van der Waals surface area (Å²) in [6.07, 6.45) is 0.822. The summed E-state index contributed by atoms with van der Waals surface area (Å²) in [5, 5.41) is 12.5. The summed E-state index contributed by atoms with van der Waals surface area (Å²) in [5.74, 6) is 0.943. The monoisotopic (exact) mass is 250 g/mol. The van der Waals surface area contributed by atoms with Crippen LogP contribution in [0.25, 0.3) is 0 Å². The molecule has 0 saturated carbocycles. The zero-order valence-corrected chi connectivity index (χ0v) is 10.9. The summed E-state index contributed by atoms with van der Waals surface area (Å²) < 4.78 is 5.39. The lowest BCUT2D eigenvalue weighted by atomic mass is 10.1. The van der Waals surface area contributed by atoms with Crippen molar-refractivity contribution in [2.45, 2.75) is 19.0 Å². The van der Waals surface area contributed by atoms with Gasteiger partial charge in [0.2, 0.25) is 0 Å². The first kappa shape index (κ1) is 13.3. The molecule has 1 aliphatic heterocycles. The normalized spacial score (nSPS) is 20.9. The Kier molecular flexibility index (Phi) is 4.99. The Morgan fingerprint density at radius 2 is 2.28 bits per heavy atom. The molecule has 0 aromatic heterocycles. The fraction of sp³-hybridized carbons (Fsp3) is 0.571. The molecule has 1 heterocycles. The topological polar surface area (TPSA) is 44.7 Å². The Balaban J connectivity index is 2.05. The van der Waals surface area contributed by atoms with Crippen LogP contribution in [0, 0.1) is 0 Å². The van der Waals surface area contributed by atoms with Crippen molar-refractivity contribution in [3.8, 4) is 5.75 Å². The molecule has 0 unspecified atom stereocenters. The zero-order chi connectivity index (χ0) is 12.8. The minimum absolute atomic E-state index is 0.245. The predicted octanol–water partition coefficient (Wildman–Crippen LogP) is 0.851. The van der Waals surface area contributed by atoms with Crippen LogP contribution in [0.2, 0.25) is 0 Å². The predicted molar refractivity (Wildman–Crippen MR) is 71.8 cm³/mol. The Morgan fingerprint density at radius 1 is 1.44 bits per heavy atom. The standard InChI is InChI=1S/C14H22N2O2/c1-18-14-5-3-2-4-12(14)11-16-8-7-15-10-13(16)6-9-17/h2-5,13,15,17H,6-11H2,1H3/t13-/m0/s1. The van der Waals surface area contributed by atoms with Crippen LogP contribution >= 0.6 is 0 Å². The Hall–Kier alpha value is -1.10. The lowest BCUT2D eigenvalue weighted by molar-refractivity contribution is 0.122. The summed E-state index contributed by atoms with van der Waals surface area (Å²) in [6.45, 7) is 4.11. The minimum Gasteiger partial charge on any atom is -0.496 e. The van der Waals surface area contributed by atoms with Gasteiger partial charge in [-0.05, 0) is 12.5 Å². The van der Waals surface area contributed by atoms with Crippen LogP contribution in [0.3, 0.4) is 0 Å². The van der Waals surface area contributed by atoms with Crippen LogP contribution in [0.1, 0.15) is 12.0 Å². The van der Waals surface area contributed by atoms with E-state index in [2.05, 4.69) is 16.3 Å². The number of hydrogen-bond donors (Lipinski definition) is 2. The number of piperazine rings is 1. The van der Waals surface area contributed by atoms with E-state index in [0.29, 0.717) is 6.04 Å². The molecule has 2 N–H and O–H groups in total. The molecule has 1 aromatic carbocycles. The third kappa shape index (κ3) is 3.22.